The third kappa shape index (κ3) is 6.16. The number of nitrogens with one attached hydrogen (secondary N) is 2. The van der Waals surface area contributed by atoms with Crippen LogP contribution < -0.4 is 15.4 Å². The van der Waals surface area contributed by atoms with Crippen LogP contribution in [0.15, 0.2) is 53.7 Å². The summed E-state index contributed by atoms with van der Waals surface area (Å²) in [4.78, 5) is 12.2. The molecular formula is C21H22F3N5O2S. The van der Waals surface area contributed by atoms with E-state index < -0.39 is 17.6 Å². The van der Waals surface area contributed by atoms with Crippen molar-refractivity contribution in [2.45, 2.75) is 31.3 Å². The molecular weight excluding hydrogens is 443 g/mol. The van der Waals surface area contributed by atoms with Crippen LogP contribution in [0.25, 0.3) is 0 Å². The number of rotatable bonds is 9. The molecule has 1 aromatic heterocycles. The Kier molecular flexibility index (Phi) is 7.62. The maximum atomic E-state index is 12.8. The largest absolute Gasteiger partial charge is 0.497 e. The summed E-state index contributed by atoms with van der Waals surface area (Å²) in [6.07, 6.45) is -4.47. The normalized spacial score (nSPS) is 11.3. The first-order valence-corrected chi connectivity index (χ1v) is 10.7. The SMILES string of the molecule is CCn1c(CNc2ccc(OC)cc2)nnc1SCC(=O)Nc1cccc(C(F)(F)F)c1. The number of halogens is 3. The maximum Gasteiger partial charge on any atom is 0.416 e. The highest BCUT2D eigenvalue weighted by molar-refractivity contribution is 7.99. The Labute approximate surface area is 187 Å². The smallest absolute Gasteiger partial charge is 0.416 e. The minimum Gasteiger partial charge on any atom is -0.497 e. The molecule has 3 aromatic rings. The topological polar surface area (TPSA) is 81.1 Å². The van der Waals surface area contributed by atoms with Crippen LogP contribution in [-0.4, -0.2) is 33.5 Å². The second kappa shape index (κ2) is 10.4. The molecule has 2 aromatic carbocycles. The van der Waals surface area contributed by atoms with E-state index in [1.165, 1.54) is 23.9 Å². The first kappa shape index (κ1) is 23.5. The second-order valence-electron chi connectivity index (χ2n) is 6.64. The van der Waals surface area contributed by atoms with Crippen LogP contribution in [-0.2, 0) is 24.1 Å². The van der Waals surface area contributed by atoms with Gasteiger partial charge in [0.05, 0.1) is 25.0 Å². The van der Waals surface area contributed by atoms with E-state index >= 15 is 0 Å². The number of alkyl halides is 3. The van der Waals surface area contributed by atoms with Gasteiger partial charge in [0.15, 0.2) is 11.0 Å². The minimum atomic E-state index is -4.47. The van der Waals surface area contributed by atoms with Crippen LogP contribution >= 0.6 is 11.8 Å². The van der Waals surface area contributed by atoms with Gasteiger partial charge >= 0.3 is 6.18 Å². The Morgan fingerprint density at radius 3 is 2.53 bits per heavy atom. The predicted octanol–water partition coefficient (Wildman–Crippen LogP) is 4.67. The number of methoxy groups -OCH3 is 1. The highest BCUT2D eigenvalue weighted by atomic mass is 32.2. The fraction of sp³-hybridized carbons (Fsp3) is 0.286. The average Bonchev–Trinajstić information content (AvgIpc) is 3.18. The van der Waals surface area contributed by atoms with Gasteiger partial charge in [-0.2, -0.15) is 13.2 Å². The quantitative estimate of drug-likeness (QED) is 0.447. The van der Waals surface area contributed by atoms with E-state index in [0.717, 1.165) is 23.6 Å². The van der Waals surface area contributed by atoms with Crippen molar-refractivity contribution in [3.63, 3.8) is 0 Å². The number of ether oxygens (including phenoxy) is 1. The number of thioether (sulfide) groups is 1. The van der Waals surface area contributed by atoms with Gasteiger partial charge in [-0.3, -0.25) is 4.79 Å². The first-order chi connectivity index (χ1) is 15.3. The van der Waals surface area contributed by atoms with Gasteiger partial charge in [0, 0.05) is 17.9 Å². The summed E-state index contributed by atoms with van der Waals surface area (Å²) >= 11 is 1.17. The molecule has 170 valence electrons. The van der Waals surface area contributed by atoms with Crippen molar-refractivity contribution < 1.29 is 22.7 Å². The van der Waals surface area contributed by atoms with Gasteiger partial charge in [0.2, 0.25) is 5.91 Å². The summed E-state index contributed by atoms with van der Waals surface area (Å²) in [7, 11) is 1.60. The third-order valence-corrected chi connectivity index (χ3v) is 5.42. The standard InChI is InChI=1S/C21H22F3N5O2S/c1-3-29-18(12-25-15-7-9-17(31-2)10-8-15)27-28-20(29)32-13-19(30)26-16-6-4-5-14(11-16)21(22,23)24/h4-11,25H,3,12-13H2,1-2H3,(H,26,30). The van der Waals surface area contributed by atoms with Gasteiger partial charge in [-0.15, -0.1) is 10.2 Å². The van der Waals surface area contributed by atoms with Crippen molar-refractivity contribution in [1.29, 1.82) is 0 Å². The number of hydrogen-bond donors (Lipinski definition) is 2. The molecule has 0 bridgehead atoms. The molecule has 0 saturated heterocycles. The summed E-state index contributed by atoms with van der Waals surface area (Å²) in [6.45, 7) is 2.97. The molecule has 32 heavy (non-hydrogen) atoms. The van der Waals surface area contributed by atoms with Crippen molar-refractivity contribution >= 4 is 29.0 Å². The molecule has 1 amide bonds. The monoisotopic (exact) mass is 465 g/mol. The van der Waals surface area contributed by atoms with Crippen molar-refractivity contribution in [1.82, 2.24) is 14.8 Å². The van der Waals surface area contributed by atoms with Gasteiger partial charge in [0.25, 0.3) is 0 Å². The summed E-state index contributed by atoms with van der Waals surface area (Å²) < 4.78 is 45.5. The molecule has 0 atom stereocenters. The molecule has 0 aliphatic heterocycles. The Morgan fingerprint density at radius 2 is 1.88 bits per heavy atom. The van der Waals surface area contributed by atoms with Crippen molar-refractivity contribution in [3.8, 4) is 5.75 Å². The van der Waals surface area contributed by atoms with Gasteiger partial charge in [-0.1, -0.05) is 17.8 Å². The number of aromatic nitrogens is 3. The lowest BCUT2D eigenvalue weighted by molar-refractivity contribution is -0.137. The lowest BCUT2D eigenvalue weighted by Crippen LogP contribution is -2.15. The fourth-order valence-corrected chi connectivity index (χ4v) is 3.69. The van der Waals surface area contributed by atoms with Crippen LogP contribution in [0.3, 0.4) is 0 Å². The van der Waals surface area contributed by atoms with Crippen LogP contribution in [0.2, 0.25) is 0 Å². The summed E-state index contributed by atoms with van der Waals surface area (Å²) in [5, 5.41) is 14.6. The van der Waals surface area contributed by atoms with Gasteiger partial charge < -0.3 is 19.9 Å². The highest BCUT2D eigenvalue weighted by Gasteiger charge is 2.30. The second-order valence-corrected chi connectivity index (χ2v) is 7.58. The number of nitrogens with zero attached hydrogens (tertiary/aromatic N) is 3. The first-order valence-electron chi connectivity index (χ1n) is 9.70. The zero-order chi connectivity index (χ0) is 23.1. The summed E-state index contributed by atoms with van der Waals surface area (Å²) in [5.41, 5.74) is 0.167. The number of amides is 1. The van der Waals surface area contributed by atoms with Crippen molar-refractivity contribution in [3.05, 3.63) is 59.9 Å². The van der Waals surface area contributed by atoms with E-state index in [1.54, 1.807) is 7.11 Å². The van der Waals surface area contributed by atoms with Crippen LogP contribution in [0.5, 0.6) is 5.75 Å². The summed E-state index contributed by atoms with van der Waals surface area (Å²) in [6, 6.07) is 12.0. The number of hydrogen-bond acceptors (Lipinski definition) is 6. The van der Waals surface area contributed by atoms with Crippen LogP contribution in [0.1, 0.15) is 18.3 Å². The van der Waals surface area contributed by atoms with E-state index in [4.69, 9.17) is 4.74 Å². The van der Waals surface area contributed by atoms with E-state index in [-0.39, 0.29) is 11.4 Å². The molecule has 2 N–H and O–H groups in total. The van der Waals surface area contributed by atoms with E-state index in [1.807, 2.05) is 35.8 Å². The van der Waals surface area contributed by atoms with Crippen molar-refractivity contribution in [2.24, 2.45) is 0 Å². The Morgan fingerprint density at radius 1 is 1.12 bits per heavy atom. The van der Waals surface area contributed by atoms with Gasteiger partial charge in [0.1, 0.15) is 5.75 Å². The zero-order valence-corrected chi connectivity index (χ0v) is 18.3. The van der Waals surface area contributed by atoms with E-state index in [0.29, 0.717) is 24.1 Å². The molecule has 0 unspecified atom stereocenters. The van der Waals surface area contributed by atoms with Crippen molar-refractivity contribution in [2.75, 3.05) is 23.5 Å². The average molecular weight is 466 g/mol. The fourth-order valence-electron chi connectivity index (χ4n) is 2.86. The molecule has 0 saturated carbocycles. The molecule has 0 aliphatic carbocycles. The molecule has 0 radical (unpaired) electrons. The van der Waals surface area contributed by atoms with E-state index in [2.05, 4.69) is 20.8 Å². The number of carbonyl (C=O) groups is 1. The Hall–Kier alpha value is -3.21. The number of anilines is 2. The van der Waals surface area contributed by atoms with E-state index in [9.17, 15) is 18.0 Å². The molecule has 0 aliphatic rings. The minimum absolute atomic E-state index is 0.0136. The summed E-state index contributed by atoms with van der Waals surface area (Å²) in [5.74, 6) is 1.01. The molecule has 1 heterocycles. The number of carbonyl (C=O) groups excluding carboxylic acids is 1. The van der Waals surface area contributed by atoms with Crippen LogP contribution in [0.4, 0.5) is 24.5 Å². The Balaban J connectivity index is 1.57. The van der Waals surface area contributed by atoms with Crippen LogP contribution in [0, 0.1) is 0 Å². The zero-order valence-electron chi connectivity index (χ0n) is 17.4. The molecule has 0 fully saturated rings. The molecule has 3 rings (SSSR count). The molecule has 11 heteroatoms. The number of benzene rings is 2. The highest BCUT2D eigenvalue weighted by Crippen LogP contribution is 2.30. The lowest BCUT2D eigenvalue weighted by Gasteiger charge is -2.11. The third-order valence-electron chi connectivity index (χ3n) is 4.46. The Bertz CT molecular complexity index is 1050. The van der Waals surface area contributed by atoms with Gasteiger partial charge in [-0.05, 0) is 49.4 Å². The lowest BCUT2D eigenvalue weighted by atomic mass is 10.2. The maximum absolute atomic E-state index is 12.8. The molecule has 7 nitrogen and oxygen atoms in total. The molecule has 0 spiro atoms. The predicted molar refractivity (Wildman–Crippen MR) is 117 cm³/mol. The van der Waals surface area contributed by atoms with Gasteiger partial charge in [-0.25, -0.2) is 0 Å².